The summed E-state index contributed by atoms with van der Waals surface area (Å²) < 4.78 is 8.88. The molecule has 14 heteroatoms. The van der Waals surface area contributed by atoms with Crippen molar-refractivity contribution in [3.8, 4) is 0 Å². The average Bonchev–Trinajstić information content (AvgIpc) is 2.18. The first-order valence-corrected chi connectivity index (χ1v) is 8.28. The molecule has 0 atom stereocenters. The molecule has 0 heterocycles. The lowest BCUT2D eigenvalue weighted by molar-refractivity contribution is 0.275. The van der Waals surface area contributed by atoms with E-state index in [1.165, 1.54) is 0 Å². The zero-order valence-corrected chi connectivity index (χ0v) is 15.5. The van der Waals surface area contributed by atoms with Crippen molar-refractivity contribution in [1.29, 1.82) is 0 Å². The lowest BCUT2D eigenvalue weighted by atomic mass is 9.97. The van der Waals surface area contributed by atoms with Crippen molar-refractivity contribution in [3.63, 3.8) is 0 Å². The van der Waals surface area contributed by atoms with E-state index in [4.69, 9.17) is 88.9 Å². The standard InChI is InChI=1S/C6H6Cl6.3H3N.H3O4P/c7-1-2(8)4(10)6(12)5(11)3(1)9;;;;1-5(2,3)4/h1-6H;3*1H3;(H3,1,2,3,4). The van der Waals surface area contributed by atoms with E-state index < -0.39 is 40.1 Å². The van der Waals surface area contributed by atoms with Crippen LogP contribution in [0.1, 0.15) is 0 Å². The largest absolute Gasteiger partial charge is 0.466 e. The molecule has 1 aliphatic rings. The van der Waals surface area contributed by atoms with Gasteiger partial charge in [-0.2, -0.15) is 0 Å². The molecule has 128 valence electrons. The molecule has 0 aliphatic heterocycles. The summed E-state index contributed by atoms with van der Waals surface area (Å²) in [4.78, 5) is 21.6. The molecule has 0 aromatic carbocycles. The molecule has 0 amide bonds. The van der Waals surface area contributed by atoms with Gasteiger partial charge in [-0.3, -0.25) is 0 Å². The molecule has 0 aromatic heterocycles. The van der Waals surface area contributed by atoms with E-state index in [0.717, 1.165) is 0 Å². The maximum Gasteiger partial charge on any atom is 0.466 e. The van der Waals surface area contributed by atoms with Gasteiger partial charge in [0.05, 0.1) is 32.3 Å². The van der Waals surface area contributed by atoms with Gasteiger partial charge in [-0.05, 0) is 0 Å². The Morgan fingerprint density at radius 3 is 0.650 bits per heavy atom. The highest BCUT2D eigenvalue weighted by Crippen LogP contribution is 2.39. The van der Waals surface area contributed by atoms with Crippen molar-refractivity contribution in [3.05, 3.63) is 0 Å². The second-order valence-corrected chi connectivity index (χ2v) is 7.23. The van der Waals surface area contributed by atoms with E-state index in [-0.39, 0.29) is 18.5 Å². The van der Waals surface area contributed by atoms with E-state index in [1.54, 1.807) is 0 Å². The fourth-order valence-electron chi connectivity index (χ4n) is 1.05. The highest BCUT2D eigenvalue weighted by atomic mass is 35.5. The Balaban J connectivity index is -0.000000141. The van der Waals surface area contributed by atoms with Crippen LogP contribution in [0.5, 0.6) is 0 Å². The molecule has 0 saturated heterocycles. The summed E-state index contributed by atoms with van der Waals surface area (Å²) in [7, 11) is -4.64. The summed E-state index contributed by atoms with van der Waals surface area (Å²) in [5.74, 6) is 0. The minimum Gasteiger partial charge on any atom is -0.344 e. The summed E-state index contributed by atoms with van der Waals surface area (Å²) in [6, 6.07) is 0. The SMILES string of the molecule is ClC1C(Cl)C(Cl)C(Cl)C(Cl)C1Cl.N.N.N.O=P(O)(O)O. The van der Waals surface area contributed by atoms with Crippen molar-refractivity contribution in [2.45, 2.75) is 32.3 Å². The van der Waals surface area contributed by atoms with Gasteiger partial charge in [0, 0.05) is 0 Å². The first-order chi connectivity index (χ1) is 7.46. The van der Waals surface area contributed by atoms with Gasteiger partial charge >= 0.3 is 7.82 Å². The molecule has 1 fully saturated rings. The molecule has 1 rings (SSSR count). The average molecular weight is 440 g/mol. The molecule has 0 unspecified atom stereocenters. The van der Waals surface area contributed by atoms with Crippen molar-refractivity contribution >= 4 is 77.4 Å². The first kappa shape index (κ1) is 29.7. The molecular formula is C6H18Cl6N3O4P. The van der Waals surface area contributed by atoms with Crippen molar-refractivity contribution < 1.29 is 19.2 Å². The Kier molecular flexibility index (Phi) is 18.1. The van der Waals surface area contributed by atoms with Crippen LogP contribution in [-0.4, -0.2) is 46.9 Å². The Morgan fingerprint density at radius 2 is 0.600 bits per heavy atom. The molecule has 1 aliphatic carbocycles. The van der Waals surface area contributed by atoms with Crippen LogP contribution < -0.4 is 18.5 Å². The molecule has 0 spiro atoms. The number of rotatable bonds is 0. The third-order valence-electron chi connectivity index (χ3n) is 1.83. The van der Waals surface area contributed by atoms with E-state index in [9.17, 15) is 0 Å². The van der Waals surface area contributed by atoms with Crippen LogP contribution in [0.4, 0.5) is 0 Å². The summed E-state index contributed by atoms with van der Waals surface area (Å²) >= 11 is 35.3. The maximum absolute atomic E-state index is 8.88. The van der Waals surface area contributed by atoms with Crippen LogP contribution in [0.2, 0.25) is 0 Å². The normalized spacial score (nSPS) is 36.2. The monoisotopic (exact) mass is 437 g/mol. The van der Waals surface area contributed by atoms with Gasteiger partial charge in [0.1, 0.15) is 0 Å². The molecule has 0 aromatic rings. The second kappa shape index (κ2) is 12.2. The van der Waals surface area contributed by atoms with Crippen LogP contribution in [-0.2, 0) is 4.57 Å². The number of halogens is 6. The molecule has 7 nitrogen and oxygen atoms in total. The van der Waals surface area contributed by atoms with Gasteiger partial charge in [-0.25, -0.2) is 4.57 Å². The maximum atomic E-state index is 8.88. The Morgan fingerprint density at radius 1 is 0.550 bits per heavy atom. The van der Waals surface area contributed by atoms with Gasteiger partial charge in [-0.1, -0.05) is 0 Å². The summed E-state index contributed by atoms with van der Waals surface area (Å²) in [5, 5.41) is -2.62. The molecular weight excluding hydrogens is 422 g/mol. The lowest BCUT2D eigenvalue weighted by Gasteiger charge is -2.37. The Bertz CT molecular complexity index is 233. The van der Waals surface area contributed by atoms with Gasteiger partial charge < -0.3 is 33.1 Å². The molecule has 0 bridgehead atoms. The third-order valence-corrected chi connectivity index (χ3v) is 5.86. The van der Waals surface area contributed by atoms with Crippen LogP contribution >= 0.6 is 77.4 Å². The van der Waals surface area contributed by atoms with Crippen LogP contribution in [0.15, 0.2) is 0 Å². The lowest BCUT2D eigenvalue weighted by Crippen LogP contribution is -2.52. The van der Waals surface area contributed by atoms with Crippen molar-refractivity contribution in [1.82, 2.24) is 18.5 Å². The number of hydrogen-bond acceptors (Lipinski definition) is 4. The summed E-state index contributed by atoms with van der Waals surface area (Å²) in [5.41, 5.74) is 0. The van der Waals surface area contributed by atoms with E-state index in [1.807, 2.05) is 0 Å². The second-order valence-electron chi connectivity index (χ2n) is 3.18. The van der Waals surface area contributed by atoms with E-state index >= 15 is 0 Å². The van der Waals surface area contributed by atoms with Crippen LogP contribution in [0, 0.1) is 0 Å². The van der Waals surface area contributed by atoms with Crippen molar-refractivity contribution in [2.75, 3.05) is 0 Å². The fraction of sp³-hybridized carbons (Fsp3) is 1.00. The molecule has 1 saturated carbocycles. The van der Waals surface area contributed by atoms with Crippen LogP contribution in [0.3, 0.4) is 0 Å². The van der Waals surface area contributed by atoms with Gasteiger partial charge in [0.25, 0.3) is 0 Å². The third kappa shape index (κ3) is 10.5. The minimum absolute atomic E-state index is 0. The number of alkyl halides is 6. The summed E-state index contributed by atoms with van der Waals surface area (Å²) in [6.07, 6.45) is 0. The summed E-state index contributed by atoms with van der Waals surface area (Å²) in [6.45, 7) is 0. The Labute approximate surface area is 147 Å². The zero-order valence-electron chi connectivity index (χ0n) is 10.1. The van der Waals surface area contributed by atoms with Crippen molar-refractivity contribution in [2.24, 2.45) is 0 Å². The molecule has 12 N–H and O–H groups in total. The van der Waals surface area contributed by atoms with Gasteiger partial charge in [0.2, 0.25) is 0 Å². The topological polar surface area (TPSA) is 183 Å². The van der Waals surface area contributed by atoms with Crippen LogP contribution in [0.25, 0.3) is 0 Å². The van der Waals surface area contributed by atoms with Gasteiger partial charge in [-0.15, -0.1) is 69.6 Å². The molecule has 20 heavy (non-hydrogen) atoms. The number of phosphoric acid groups is 1. The van der Waals surface area contributed by atoms with Gasteiger partial charge in [0.15, 0.2) is 0 Å². The Hall–Kier alpha value is 1.73. The van der Waals surface area contributed by atoms with E-state index in [0.29, 0.717) is 0 Å². The quantitative estimate of drug-likeness (QED) is 0.247. The predicted octanol–water partition coefficient (Wildman–Crippen LogP) is 3.20. The highest BCUT2D eigenvalue weighted by Gasteiger charge is 2.46. The fourth-order valence-corrected chi connectivity index (χ4v) is 3.38. The number of hydrogen-bond donors (Lipinski definition) is 6. The first-order valence-electron chi connectivity index (χ1n) is 4.09. The highest BCUT2D eigenvalue weighted by molar-refractivity contribution is 7.45. The zero-order chi connectivity index (χ0) is 14.0. The molecule has 0 radical (unpaired) electrons. The smallest absolute Gasteiger partial charge is 0.344 e. The predicted molar refractivity (Wildman–Crippen MR) is 87.2 cm³/mol. The van der Waals surface area contributed by atoms with E-state index in [2.05, 4.69) is 0 Å². The minimum atomic E-state index is -4.64.